The Bertz CT molecular complexity index is 1300. The van der Waals surface area contributed by atoms with E-state index < -0.39 is 0 Å². The van der Waals surface area contributed by atoms with Crippen molar-refractivity contribution >= 4 is 24.3 Å². The maximum absolute atomic E-state index is 6.14. The average molecular weight is 663 g/mol. The van der Waals surface area contributed by atoms with Crippen LogP contribution in [0.4, 0.5) is 0 Å². The monoisotopic (exact) mass is 662 g/mol. The van der Waals surface area contributed by atoms with Crippen LogP contribution in [0.15, 0.2) is 60.7 Å². The molecule has 0 saturated carbocycles. The SMILES string of the molecule is C(=C\c1cccc2c1OCCOCCOCCOCCO2)/c1ccc(/C=C/c2cccc3c2OCCOCCOCCOCCO3)cc1. The summed E-state index contributed by atoms with van der Waals surface area (Å²) in [7, 11) is 0. The fourth-order valence-corrected chi connectivity index (χ4v) is 4.86. The molecule has 3 aromatic carbocycles. The molecule has 3 aromatic rings. The molecule has 0 radical (unpaired) electrons. The number of benzene rings is 3. The molecule has 10 heteroatoms. The van der Waals surface area contributed by atoms with Crippen LogP contribution >= 0.6 is 0 Å². The molecule has 48 heavy (non-hydrogen) atoms. The summed E-state index contributed by atoms with van der Waals surface area (Å²) in [6.07, 6.45) is 8.19. The molecular weight excluding hydrogens is 616 g/mol. The van der Waals surface area contributed by atoms with Gasteiger partial charge in [-0.3, -0.25) is 0 Å². The van der Waals surface area contributed by atoms with E-state index in [1.165, 1.54) is 0 Å². The van der Waals surface area contributed by atoms with Gasteiger partial charge in [-0.1, -0.05) is 72.8 Å². The Balaban J connectivity index is 1.24. The lowest BCUT2D eigenvalue weighted by Gasteiger charge is -2.15. The molecule has 0 spiro atoms. The maximum Gasteiger partial charge on any atom is 0.168 e. The summed E-state index contributed by atoms with van der Waals surface area (Å²) >= 11 is 0. The fourth-order valence-electron chi connectivity index (χ4n) is 4.86. The number of para-hydroxylation sites is 2. The lowest BCUT2D eigenvalue weighted by Crippen LogP contribution is -2.13. The average Bonchev–Trinajstić information content (AvgIpc) is 3.13. The van der Waals surface area contributed by atoms with Gasteiger partial charge in [0.05, 0.1) is 79.3 Å². The summed E-state index contributed by atoms with van der Waals surface area (Å²) in [5.74, 6) is 2.70. The predicted octanol–water partition coefficient (Wildman–Crippen LogP) is 5.67. The first-order valence-electron chi connectivity index (χ1n) is 16.6. The Morgan fingerprint density at radius 2 is 0.625 bits per heavy atom. The molecule has 2 aliphatic heterocycles. The van der Waals surface area contributed by atoms with Crippen molar-refractivity contribution in [2.75, 3.05) is 106 Å². The van der Waals surface area contributed by atoms with Crippen LogP contribution in [0, 0.1) is 0 Å². The van der Waals surface area contributed by atoms with Gasteiger partial charge in [0.1, 0.15) is 26.4 Å². The summed E-state index contributed by atoms with van der Waals surface area (Å²) in [6.45, 7) is 7.66. The molecule has 10 nitrogen and oxygen atoms in total. The van der Waals surface area contributed by atoms with Gasteiger partial charge >= 0.3 is 0 Å². The van der Waals surface area contributed by atoms with Gasteiger partial charge in [-0.05, 0) is 23.3 Å². The van der Waals surface area contributed by atoms with E-state index in [1.807, 2.05) is 48.6 Å². The molecule has 2 heterocycles. The minimum Gasteiger partial charge on any atom is -0.487 e. The Kier molecular flexibility index (Phi) is 15.6. The van der Waals surface area contributed by atoms with Crippen molar-refractivity contribution in [3.63, 3.8) is 0 Å². The molecule has 258 valence electrons. The summed E-state index contributed by atoms with van der Waals surface area (Å²) in [5.41, 5.74) is 3.93. The van der Waals surface area contributed by atoms with Gasteiger partial charge in [0.15, 0.2) is 23.0 Å². The van der Waals surface area contributed by atoms with Crippen molar-refractivity contribution in [2.24, 2.45) is 0 Å². The van der Waals surface area contributed by atoms with E-state index in [0.717, 1.165) is 22.3 Å². The van der Waals surface area contributed by atoms with Crippen LogP contribution in [0.5, 0.6) is 23.0 Å². The smallest absolute Gasteiger partial charge is 0.168 e. The molecule has 5 rings (SSSR count). The van der Waals surface area contributed by atoms with Gasteiger partial charge in [-0.2, -0.15) is 0 Å². The van der Waals surface area contributed by atoms with Crippen LogP contribution in [0.2, 0.25) is 0 Å². The van der Waals surface area contributed by atoms with E-state index in [0.29, 0.717) is 129 Å². The second-order valence-electron chi connectivity index (χ2n) is 10.8. The van der Waals surface area contributed by atoms with Gasteiger partial charge in [0.2, 0.25) is 0 Å². The number of ether oxygens (including phenoxy) is 10. The van der Waals surface area contributed by atoms with Gasteiger partial charge in [-0.15, -0.1) is 0 Å². The van der Waals surface area contributed by atoms with E-state index in [2.05, 4.69) is 36.4 Å². The van der Waals surface area contributed by atoms with E-state index in [4.69, 9.17) is 47.4 Å². The summed E-state index contributed by atoms with van der Waals surface area (Å²) in [6, 6.07) is 20.1. The van der Waals surface area contributed by atoms with Crippen molar-refractivity contribution in [1.29, 1.82) is 0 Å². The molecule has 0 fully saturated rings. The van der Waals surface area contributed by atoms with Crippen molar-refractivity contribution in [3.05, 3.63) is 82.9 Å². The number of hydrogen-bond donors (Lipinski definition) is 0. The van der Waals surface area contributed by atoms with Crippen LogP contribution in [-0.4, -0.2) is 106 Å². The first kappa shape index (κ1) is 35.4. The van der Waals surface area contributed by atoms with E-state index in [-0.39, 0.29) is 0 Å². The Hall–Kier alpha value is -3.90. The van der Waals surface area contributed by atoms with Gasteiger partial charge < -0.3 is 47.4 Å². The number of rotatable bonds is 4. The van der Waals surface area contributed by atoms with Crippen molar-refractivity contribution in [3.8, 4) is 23.0 Å². The zero-order valence-corrected chi connectivity index (χ0v) is 27.5. The number of hydrogen-bond acceptors (Lipinski definition) is 10. The molecule has 0 N–H and O–H groups in total. The Morgan fingerprint density at radius 1 is 0.312 bits per heavy atom. The predicted molar refractivity (Wildman–Crippen MR) is 184 cm³/mol. The van der Waals surface area contributed by atoms with Crippen LogP contribution in [-0.2, 0) is 28.4 Å². The third-order valence-corrected chi connectivity index (χ3v) is 7.27. The Morgan fingerprint density at radius 3 is 0.979 bits per heavy atom. The quantitative estimate of drug-likeness (QED) is 0.326. The molecule has 0 aliphatic carbocycles. The van der Waals surface area contributed by atoms with Crippen LogP contribution < -0.4 is 18.9 Å². The first-order chi connectivity index (χ1) is 23.9. The van der Waals surface area contributed by atoms with Gasteiger partial charge in [0, 0.05) is 11.1 Å². The highest BCUT2D eigenvalue weighted by Gasteiger charge is 2.12. The molecule has 0 unspecified atom stereocenters. The molecule has 2 aliphatic rings. The van der Waals surface area contributed by atoms with E-state index >= 15 is 0 Å². The standard InChI is InChI=1S/C38H46O10/c1-3-33(37-35(5-1)45-27-23-41-19-15-39-17-21-43-25-29-47-37)13-11-31-7-9-32(10-8-31)12-14-34-4-2-6-36-38(34)48-30-26-44-22-18-40-16-20-42-24-28-46-36/h1-14H,15-30H2/b13-11+,14-12+. The fraction of sp³-hybridized carbons (Fsp3) is 0.421. The summed E-state index contributed by atoms with van der Waals surface area (Å²) in [4.78, 5) is 0. The molecular formula is C38H46O10. The van der Waals surface area contributed by atoms with Crippen molar-refractivity contribution in [1.82, 2.24) is 0 Å². The molecule has 0 bridgehead atoms. The van der Waals surface area contributed by atoms with Crippen LogP contribution in [0.25, 0.3) is 24.3 Å². The largest absolute Gasteiger partial charge is 0.487 e. The maximum atomic E-state index is 6.14. The Labute approximate surface area is 283 Å². The van der Waals surface area contributed by atoms with Crippen molar-refractivity contribution < 1.29 is 47.4 Å². The topological polar surface area (TPSA) is 92.3 Å². The minimum atomic E-state index is 0.401. The summed E-state index contributed by atoms with van der Waals surface area (Å²) < 4.78 is 57.8. The normalized spacial score (nSPS) is 18.3. The van der Waals surface area contributed by atoms with Gasteiger partial charge in [-0.25, -0.2) is 0 Å². The second kappa shape index (κ2) is 21.1. The third kappa shape index (κ3) is 12.3. The third-order valence-electron chi connectivity index (χ3n) is 7.27. The van der Waals surface area contributed by atoms with Crippen molar-refractivity contribution in [2.45, 2.75) is 0 Å². The number of fused-ring (bicyclic) bond motifs is 2. The highest BCUT2D eigenvalue weighted by atomic mass is 16.6. The van der Waals surface area contributed by atoms with E-state index in [9.17, 15) is 0 Å². The first-order valence-corrected chi connectivity index (χ1v) is 16.6. The molecule has 0 saturated heterocycles. The van der Waals surface area contributed by atoms with E-state index in [1.54, 1.807) is 0 Å². The lowest BCUT2D eigenvalue weighted by molar-refractivity contribution is 0.00707. The zero-order valence-electron chi connectivity index (χ0n) is 27.5. The highest BCUT2D eigenvalue weighted by molar-refractivity contribution is 5.77. The second-order valence-corrected chi connectivity index (χ2v) is 10.8. The highest BCUT2D eigenvalue weighted by Crippen LogP contribution is 2.34. The van der Waals surface area contributed by atoms with Gasteiger partial charge in [0.25, 0.3) is 0 Å². The van der Waals surface area contributed by atoms with Crippen LogP contribution in [0.3, 0.4) is 0 Å². The molecule has 0 amide bonds. The minimum absolute atomic E-state index is 0.401. The summed E-state index contributed by atoms with van der Waals surface area (Å²) in [5, 5.41) is 0. The zero-order chi connectivity index (χ0) is 32.9. The lowest BCUT2D eigenvalue weighted by atomic mass is 10.1. The van der Waals surface area contributed by atoms with Crippen LogP contribution in [0.1, 0.15) is 22.3 Å². The molecule has 0 aromatic heterocycles. The molecule has 0 atom stereocenters.